The predicted molar refractivity (Wildman–Crippen MR) is 83.6 cm³/mol. The normalized spacial score (nSPS) is 17.6. The summed E-state index contributed by atoms with van der Waals surface area (Å²) in [6, 6.07) is 5.25. The molecule has 0 radical (unpaired) electrons. The molecule has 120 valence electrons. The zero-order valence-electron chi connectivity index (χ0n) is 13.0. The fraction of sp³-hybridized carbons (Fsp3) is 0.412. The second-order valence-corrected chi connectivity index (χ2v) is 6.04. The molecule has 1 atom stereocenters. The van der Waals surface area contributed by atoms with Crippen molar-refractivity contribution in [2.75, 3.05) is 13.2 Å². The fourth-order valence-corrected chi connectivity index (χ4v) is 2.91. The minimum Gasteiger partial charge on any atom is -0.486 e. The molecule has 1 aromatic carbocycles. The summed E-state index contributed by atoms with van der Waals surface area (Å²) in [5.74, 6) is 2.58. The van der Waals surface area contributed by atoms with Crippen molar-refractivity contribution in [3.05, 3.63) is 42.0 Å². The third kappa shape index (κ3) is 2.76. The SMILES string of the molecule is Cn1ccnc1C(NC(=O)c1ccc2c(c1)OCCO2)C1CC1. The largest absolute Gasteiger partial charge is 0.486 e. The molecule has 23 heavy (non-hydrogen) atoms. The number of benzene rings is 1. The first-order chi connectivity index (χ1) is 11.2. The van der Waals surface area contributed by atoms with Gasteiger partial charge in [-0.1, -0.05) is 0 Å². The molecular formula is C17H19N3O3. The van der Waals surface area contributed by atoms with Crippen molar-refractivity contribution >= 4 is 5.91 Å². The van der Waals surface area contributed by atoms with Crippen molar-refractivity contribution in [3.8, 4) is 11.5 Å². The van der Waals surface area contributed by atoms with E-state index in [1.165, 1.54) is 0 Å². The molecule has 6 heteroatoms. The van der Waals surface area contributed by atoms with Gasteiger partial charge < -0.3 is 19.4 Å². The van der Waals surface area contributed by atoms with Crippen molar-refractivity contribution < 1.29 is 14.3 Å². The lowest BCUT2D eigenvalue weighted by atomic mass is 10.1. The smallest absolute Gasteiger partial charge is 0.252 e. The topological polar surface area (TPSA) is 65.4 Å². The number of aryl methyl sites for hydroxylation is 1. The van der Waals surface area contributed by atoms with E-state index in [0.717, 1.165) is 18.7 Å². The molecule has 2 aromatic rings. The van der Waals surface area contributed by atoms with E-state index < -0.39 is 0 Å². The highest BCUT2D eigenvalue weighted by molar-refractivity contribution is 5.95. The molecule has 1 amide bonds. The van der Waals surface area contributed by atoms with Gasteiger partial charge in [0, 0.05) is 25.0 Å². The molecule has 1 aromatic heterocycles. The number of aromatic nitrogens is 2. The highest BCUT2D eigenvalue weighted by Crippen LogP contribution is 2.40. The minimum atomic E-state index is -0.109. The van der Waals surface area contributed by atoms with E-state index in [1.54, 1.807) is 24.4 Å². The number of carbonyl (C=O) groups excluding carboxylic acids is 1. The van der Waals surface area contributed by atoms with Crippen LogP contribution in [0.4, 0.5) is 0 Å². The summed E-state index contributed by atoms with van der Waals surface area (Å²) < 4.78 is 13.0. The van der Waals surface area contributed by atoms with Gasteiger partial charge in [0.05, 0.1) is 6.04 Å². The lowest BCUT2D eigenvalue weighted by Gasteiger charge is -2.20. The molecule has 1 aliphatic heterocycles. The quantitative estimate of drug-likeness (QED) is 0.938. The van der Waals surface area contributed by atoms with Crippen LogP contribution in [-0.2, 0) is 7.05 Å². The summed E-state index contributed by atoms with van der Waals surface area (Å²) in [7, 11) is 1.95. The average molecular weight is 313 g/mol. The Morgan fingerprint density at radius 3 is 2.78 bits per heavy atom. The van der Waals surface area contributed by atoms with Gasteiger partial charge in [0.2, 0.25) is 0 Å². The summed E-state index contributed by atoms with van der Waals surface area (Å²) >= 11 is 0. The molecule has 1 saturated carbocycles. The molecule has 2 heterocycles. The first-order valence-electron chi connectivity index (χ1n) is 7.90. The van der Waals surface area contributed by atoms with Crippen molar-refractivity contribution in [2.24, 2.45) is 13.0 Å². The van der Waals surface area contributed by atoms with Crippen molar-refractivity contribution in [1.29, 1.82) is 0 Å². The van der Waals surface area contributed by atoms with Crippen LogP contribution in [-0.4, -0.2) is 28.7 Å². The second kappa shape index (κ2) is 5.61. The van der Waals surface area contributed by atoms with Gasteiger partial charge in [0.1, 0.15) is 19.0 Å². The van der Waals surface area contributed by atoms with Crippen LogP contribution in [0.25, 0.3) is 0 Å². The number of fused-ring (bicyclic) bond motifs is 1. The van der Waals surface area contributed by atoms with Gasteiger partial charge in [-0.3, -0.25) is 4.79 Å². The third-order valence-electron chi connectivity index (χ3n) is 4.32. The highest BCUT2D eigenvalue weighted by Gasteiger charge is 2.36. The van der Waals surface area contributed by atoms with E-state index in [9.17, 15) is 4.79 Å². The number of hydrogen-bond acceptors (Lipinski definition) is 4. The number of nitrogens with one attached hydrogen (secondary N) is 1. The maximum Gasteiger partial charge on any atom is 0.252 e. The summed E-state index contributed by atoms with van der Waals surface area (Å²) in [6.45, 7) is 1.05. The van der Waals surface area contributed by atoms with Gasteiger partial charge in [-0.2, -0.15) is 0 Å². The Morgan fingerprint density at radius 1 is 1.30 bits per heavy atom. The van der Waals surface area contributed by atoms with Gasteiger partial charge >= 0.3 is 0 Å². The Morgan fingerprint density at radius 2 is 2.09 bits per heavy atom. The fourth-order valence-electron chi connectivity index (χ4n) is 2.91. The summed E-state index contributed by atoms with van der Waals surface area (Å²) in [5.41, 5.74) is 0.578. The van der Waals surface area contributed by atoms with Gasteiger partial charge in [-0.25, -0.2) is 4.98 Å². The number of amides is 1. The van der Waals surface area contributed by atoms with Gasteiger partial charge in [0.25, 0.3) is 5.91 Å². The Balaban J connectivity index is 1.55. The summed E-state index contributed by atoms with van der Waals surface area (Å²) in [4.78, 5) is 17.0. The zero-order valence-corrected chi connectivity index (χ0v) is 13.0. The first-order valence-corrected chi connectivity index (χ1v) is 7.90. The number of imidazole rings is 1. The Labute approximate surface area is 134 Å². The maximum absolute atomic E-state index is 12.6. The molecular weight excluding hydrogens is 294 g/mol. The molecule has 0 saturated heterocycles. The summed E-state index contributed by atoms with van der Waals surface area (Å²) in [5, 5.41) is 3.13. The Kier molecular flexibility index (Phi) is 3.44. The highest BCUT2D eigenvalue weighted by atomic mass is 16.6. The van der Waals surface area contributed by atoms with Gasteiger partial charge in [-0.05, 0) is 37.0 Å². The molecule has 0 bridgehead atoms. The number of nitrogens with zero attached hydrogens (tertiary/aromatic N) is 2. The molecule has 1 N–H and O–H groups in total. The molecule has 1 aliphatic carbocycles. The van der Waals surface area contributed by atoms with E-state index >= 15 is 0 Å². The molecule has 6 nitrogen and oxygen atoms in total. The maximum atomic E-state index is 12.6. The third-order valence-corrected chi connectivity index (χ3v) is 4.32. The van der Waals surface area contributed by atoms with Crippen LogP contribution in [0.5, 0.6) is 11.5 Å². The van der Waals surface area contributed by atoms with Crippen molar-refractivity contribution in [2.45, 2.75) is 18.9 Å². The van der Waals surface area contributed by atoms with Crippen LogP contribution in [0.15, 0.2) is 30.6 Å². The van der Waals surface area contributed by atoms with E-state index in [-0.39, 0.29) is 11.9 Å². The monoisotopic (exact) mass is 313 g/mol. The molecule has 2 aliphatic rings. The van der Waals surface area contributed by atoms with Crippen LogP contribution in [0.2, 0.25) is 0 Å². The lowest BCUT2D eigenvalue weighted by molar-refractivity contribution is 0.0927. The predicted octanol–water partition coefficient (Wildman–Crippen LogP) is 2.07. The minimum absolute atomic E-state index is 0.0456. The second-order valence-electron chi connectivity index (χ2n) is 6.04. The number of hydrogen-bond donors (Lipinski definition) is 1. The van der Waals surface area contributed by atoms with Crippen LogP contribution < -0.4 is 14.8 Å². The van der Waals surface area contributed by atoms with Crippen LogP contribution >= 0.6 is 0 Å². The zero-order chi connectivity index (χ0) is 15.8. The number of rotatable bonds is 4. The van der Waals surface area contributed by atoms with E-state index in [2.05, 4.69) is 10.3 Å². The van der Waals surface area contributed by atoms with Crippen LogP contribution in [0.1, 0.15) is 35.1 Å². The molecule has 4 rings (SSSR count). The van der Waals surface area contributed by atoms with E-state index in [1.807, 2.05) is 17.8 Å². The average Bonchev–Trinajstić information content (AvgIpc) is 3.33. The van der Waals surface area contributed by atoms with E-state index in [4.69, 9.17) is 9.47 Å². The Hall–Kier alpha value is -2.50. The van der Waals surface area contributed by atoms with Crippen molar-refractivity contribution in [3.63, 3.8) is 0 Å². The van der Waals surface area contributed by atoms with Crippen LogP contribution in [0.3, 0.4) is 0 Å². The lowest BCUT2D eigenvalue weighted by Crippen LogP contribution is -2.31. The Bertz CT molecular complexity index is 736. The summed E-state index contributed by atoms with van der Waals surface area (Å²) in [6.07, 6.45) is 5.92. The number of carbonyl (C=O) groups is 1. The molecule has 1 unspecified atom stereocenters. The molecule has 1 fully saturated rings. The standard InChI is InChI=1S/C17H19N3O3/c1-20-7-6-18-16(20)15(11-2-3-11)19-17(21)12-4-5-13-14(10-12)23-9-8-22-13/h4-7,10-11,15H,2-3,8-9H2,1H3,(H,19,21). The van der Waals surface area contributed by atoms with E-state index in [0.29, 0.717) is 36.2 Å². The molecule has 0 spiro atoms. The number of ether oxygens (including phenoxy) is 2. The van der Waals surface area contributed by atoms with Crippen molar-refractivity contribution in [1.82, 2.24) is 14.9 Å². The van der Waals surface area contributed by atoms with Gasteiger partial charge in [-0.15, -0.1) is 0 Å². The van der Waals surface area contributed by atoms with Crippen LogP contribution in [0, 0.1) is 5.92 Å². The van der Waals surface area contributed by atoms with Gasteiger partial charge in [0.15, 0.2) is 11.5 Å². The first kappa shape index (κ1) is 14.1.